The molecule has 2 aliphatic heterocycles. The zero-order valence-corrected chi connectivity index (χ0v) is 21.8. The van der Waals surface area contributed by atoms with Crippen LogP contribution in [-0.4, -0.2) is 100 Å². The van der Waals surface area contributed by atoms with Crippen LogP contribution in [0.15, 0.2) is 27.8 Å². The van der Waals surface area contributed by atoms with Gasteiger partial charge < -0.3 is 19.5 Å². The Morgan fingerprint density at radius 2 is 1.97 bits per heavy atom. The summed E-state index contributed by atoms with van der Waals surface area (Å²) in [6, 6.07) is 3.61. The molecule has 1 unspecified atom stereocenters. The molecule has 0 saturated carbocycles. The van der Waals surface area contributed by atoms with Crippen molar-refractivity contribution >= 4 is 35.8 Å². The summed E-state index contributed by atoms with van der Waals surface area (Å²) in [4.78, 5) is 28.6. The van der Waals surface area contributed by atoms with Gasteiger partial charge >= 0.3 is 0 Å². The van der Waals surface area contributed by atoms with E-state index < -0.39 is 0 Å². The summed E-state index contributed by atoms with van der Waals surface area (Å²) in [7, 11) is 0. The molecular weight excluding hydrogens is 535 g/mol. The minimum atomic E-state index is -0.0513. The van der Waals surface area contributed by atoms with Crippen molar-refractivity contribution in [3.63, 3.8) is 0 Å². The lowest BCUT2D eigenvalue weighted by Crippen LogP contribution is -2.57. The number of piperazine rings is 1. The molecule has 2 aliphatic rings. The molecule has 0 radical (unpaired) electrons. The number of guanidine groups is 1. The van der Waals surface area contributed by atoms with E-state index in [9.17, 15) is 4.79 Å². The minimum absolute atomic E-state index is 0. The van der Waals surface area contributed by atoms with Crippen molar-refractivity contribution in [2.45, 2.75) is 39.2 Å². The third-order valence-corrected chi connectivity index (χ3v) is 6.15. The molecule has 0 aromatic carbocycles. The highest BCUT2D eigenvalue weighted by molar-refractivity contribution is 14.0. The molecule has 2 aromatic heterocycles. The lowest BCUT2D eigenvalue weighted by Gasteiger charge is -2.39. The molecule has 2 fully saturated rings. The first-order valence-electron chi connectivity index (χ1n) is 11.7. The molecule has 182 valence electrons. The smallest absolute Gasteiger partial charge is 0.239 e. The maximum atomic E-state index is 12.7. The van der Waals surface area contributed by atoms with Gasteiger partial charge in [-0.05, 0) is 38.8 Å². The van der Waals surface area contributed by atoms with Gasteiger partial charge in [-0.1, -0.05) is 0 Å². The van der Waals surface area contributed by atoms with Crippen LogP contribution in [-0.2, 0) is 11.2 Å². The van der Waals surface area contributed by atoms with Crippen molar-refractivity contribution in [3.05, 3.63) is 24.2 Å². The summed E-state index contributed by atoms with van der Waals surface area (Å²) in [5, 5.41) is 10.6. The van der Waals surface area contributed by atoms with Gasteiger partial charge in [0, 0.05) is 58.8 Å². The number of furan rings is 1. The van der Waals surface area contributed by atoms with Crippen molar-refractivity contribution in [2.24, 2.45) is 4.99 Å². The molecule has 1 amide bonds. The third kappa shape index (κ3) is 6.46. The number of aromatic nitrogens is 3. The SMILES string of the molecule is CCNC(=NCCc1nc(-c2ccco2)n[nH]1)N1CCN(C(C)C(=O)N2CCCC2)CC1.I. The van der Waals surface area contributed by atoms with E-state index in [1.165, 1.54) is 0 Å². The summed E-state index contributed by atoms with van der Waals surface area (Å²) >= 11 is 0. The second kappa shape index (κ2) is 12.4. The second-order valence-electron chi connectivity index (χ2n) is 8.30. The van der Waals surface area contributed by atoms with Crippen molar-refractivity contribution in [1.82, 2.24) is 35.2 Å². The number of rotatable bonds is 7. The molecule has 1 atom stereocenters. The molecule has 0 spiro atoms. The van der Waals surface area contributed by atoms with E-state index in [1.807, 2.05) is 24.0 Å². The summed E-state index contributed by atoms with van der Waals surface area (Å²) in [6.07, 6.45) is 4.55. The molecule has 0 aliphatic carbocycles. The summed E-state index contributed by atoms with van der Waals surface area (Å²) in [5.41, 5.74) is 0. The maximum Gasteiger partial charge on any atom is 0.239 e. The van der Waals surface area contributed by atoms with E-state index >= 15 is 0 Å². The van der Waals surface area contributed by atoms with Crippen molar-refractivity contribution in [3.8, 4) is 11.6 Å². The predicted octanol–water partition coefficient (Wildman–Crippen LogP) is 1.82. The average Bonchev–Trinajstić information content (AvgIpc) is 3.60. The first-order valence-corrected chi connectivity index (χ1v) is 11.7. The van der Waals surface area contributed by atoms with Crippen LogP contribution in [0.2, 0.25) is 0 Å². The van der Waals surface area contributed by atoms with Gasteiger partial charge in [0.1, 0.15) is 5.82 Å². The number of aromatic amines is 1. The summed E-state index contributed by atoms with van der Waals surface area (Å²) < 4.78 is 5.34. The van der Waals surface area contributed by atoms with Gasteiger partial charge in [-0.25, -0.2) is 4.98 Å². The number of halogens is 1. The fourth-order valence-corrected chi connectivity index (χ4v) is 4.30. The van der Waals surface area contributed by atoms with Crippen LogP contribution >= 0.6 is 24.0 Å². The lowest BCUT2D eigenvalue weighted by molar-refractivity contribution is -0.135. The largest absolute Gasteiger partial charge is 0.461 e. The number of carbonyl (C=O) groups is 1. The fraction of sp³-hybridized carbons (Fsp3) is 0.636. The zero-order valence-electron chi connectivity index (χ0n) is 19.5. The van der Waals surface area contributed by atoms with Gasteiger partial charge in [0.15, 0.2) is 11.7 Å². The van der Waals surface area contributed by atoms with E-state index in [0.717, 1.165) is 70.4 Å². The standard InChI is InChI=1S/C22H34N8O2.HI/c1-3-23-22(24-9-8-19-25-20(27-26-19)18-7-6-16-32-18)30-14-12-28(13-15-30)17(2)21(31)29-10-4-5-11-29;/h6-7,16-17H,3-5,8-15H2,1-2H3,(H,23,24)(H,25,26,27);1H. The maximum absolute atomic E-state index is 12.7. The number of amides is 1. The Hall–Kier alpha value is -2.15. The molecule has 4 heterocycles. The number of aliphatic imine (C=N–C) groups is 1. The molecule has 2 saturated heterocycles. The van der Waals surface area contributed by atoms with Crippen LogP contribution in [0.3, 0.4) is 0 Å². The molecule has 0 bridgehead atoms. The number of likely N-dealkylation sites (tertiary alicyclic amines) is 1. The van der Waals surface area contributed by atoms with Crippen molar-refractivity contribution in [1.29, 1.82) is 0 Å². The summed E-state index contributed by atoms with van der Waals surface area (Å²) in [6.45, 7) is 10.8. The highest BCUT2D eigenvalue weighted by Gasteiger charge is 2.30. The predicted molar refractivity (Wildman–Crippen MR) is 138 cm³/mol. The molecule has 4 rings (SSSR count). The fourth-order valence-electron chi connectivity index (χ4n) is 4.30. The molecule has 10 nitrogen and oxygen atoms in total. The van der Waals surface area contributed by atoms with Crippen LogP contribution in [0.25, 0.3) is 11.6 Å². The van der Waals surface area contributed by atoms with Gasteiger partial charge in [0.05, 0.1) is 12.3 Å². The number of nitrogens with one attached hydrogen (secondary N) is 2. The van der Waals surface area contributed by atoms with Crippen LogP contribution < -0.4 is 5.32 Å². The number of hydrogen-bond acceptors (Lipinski definition) is 6. The van der Waals surface area contributed by atoms with Gasteiger partial charge in [0.2, 0.25) is 11.7 Å². The highest BCUT2D eigenvalue weighted by atomic mass is 127. The average molecular weight is 570 g/mol. The molecule has 2 N–H and O–H groups in total. The quantitative estimate of drug-likeness (QED) is 0.297. The number of nitrogens with zero attached hydrogens (tertiary/aromatic N) is 6. The lowest BCUT2D eigenvalue weighted by atomic mass is 10.2. The third-order valence-electron chi connectivity index (χ3n) is 6.15. The molecule has 11 heteroatoms. The normalized spacial score (nSPS) is 18.3. The molecular formula is C22H35IN8O2. The van der Waals surface area contributed by atoms with E-state index in [1.54, 1.807) is 6.26 Å². The molecule has 2 aromatic rings. The monoisotopic (exact) mass is 570 g/mol. The summed E-state index contributed by atoms with van der Waals surface area (Å²) in [5.74, 6) is 3.19. The van der Waals surface area contributed by atoms with E-state index in [0.29, 0.717) is 24.6 Å². The Bertz CT molecular complexity index is 886. The first-order chi connectivity index (χ1) is 15.7. The van der Waals surface area contributed by atoms with Gasteiger partial charge in [-0.2, -0.15) is 5.10 Å². The Labute approximate surface area is 212 Å². The Morgan fingerprint density at radius 1 is 1.21 bits per heavy atom. The van der Waals surface area contributed by atoms with Crippen molar-refractivity contribution < 1.29 is 9.21 Å². The van der Waals surface area contributed by atoms with Gasteiger partial charge in [-0.3, -0.25) is 19.8 Å². The Morgan fingerprint density at radius 3 is 2.64 bits per heavy atom. The van der Waals surface area contributed by atoms with E-state index in [2.05, 4.69) is 37.2 Å². The second-order valence-corrected chi connectivity index (χ2v) is 8.30. The number of carbonyl (C=O) groups excluding carboxylic acids is 1. The van der Waals surface area contributed by atoms with Crippen LogP contribution in [0.1, 0.15) is 32.5 Å². The van der Waals surface area contributed by atoms with Gasteiger partial charge in [0.25, 0.3) is 0 Å². The van der Waals surface area contributed by atoms with E-state index in [-0.39, 0.29) is 35.9 Å². The van der Waals surface area contributed by atoms with E-state index in [4.69, 9.17) is 9.41 Å². The van der Waals surface area contributed by atoms with Crippen molar-refractivity contribution in [2.75, 3.05) is 52.4 Å². The Kier molecular flexibility index (Phi) is 9.53. The minimum Gasteiger partial charge on any atom is -0.461 e. The topological polar surface area (TPSA) is 106 Å². The zero-order chi connectivity index (χ0) is 22.3. The van der Waals surface area contributed by atoms with Crippen LogP contribution in [0.5, 0.6) is 0 Å². The van der Waals surface area contributed by atoms with Gasteiger partial charge in [-0.15, -0.1) is 24.0 Å². The highest BCUT2D eigenvalue weighted by Crippen LogP contribution is 2.15. The molecule has 33 heavy (non-hydrogen) atoms. The van der Waals surface area contributed by atoms with Crippen LogP contribution in [0.4, 0.5) is 0 Å². The first kappa shape index (κ1) is 25.5. The Balaban J connectivity index is 0.00000306. The number of H-pyrrole nitrogens is 1. The van der Waals surface area contributed by atoms with Crippen LogP contribution in [0, 0.1) is 0 Å². The number of hydrogen-bond donors (Lipinski definition) is 2.